The van der Waals surface area contributed by atoms with Crippen molar-refractivity contribution >= 4 is 11.9 Å². The molecule has 0 heterocycles. The highest BCUT2D eigenvalue weighted by Crippen LogP contribution is 2.03. The smallest absolute Gasteiger partial charge is 0.335 e. The summed E-state index contributed by atoms with van der Waals surface area (Å²) < 4.78 is 10.3. The highest BCUT2D eigenvalue weighted by molar-refractivity contribution is 5.81. The molecule has 0 fully saturated rings. The van der Waals surface area contributed by atoms with Crippen LogP contribution in [0.25, 0.3) is 0 Å². The molecule has 128 valence electrons. The van der Waals surface area contributed by atoms with E-state index in [0.717, 1.165) is 12.0 Å². The molecule has 5 nitrogen and oxygen atoms in total. The van der Waals surface area contributed by atoms with Gasteiger partial charge in [-0.1, -0.05) is 43.7 Å². The molecule has 0 radical (unpaired) electrons. The van der Waals surface area contributed by atoms with Crippen LogP contribution < -0.4 is 5.32 Å². The number of benzene rings is 1. The van der Waals surface area contributed by atoms with Gasteiger partial charge in [-0.3, -0.25) is 4.79 Å². The molecule has 1 aromatic carbocycles. The fourth-order valence-electron chi connectivity index (χ4n) is 1.76. The van der Waals surface area contributed by atoms with Crippen molar-refractivity contribution in [3.05, 3.63) is 35.4 Å². The van der Waals surface area contributed by atoms with Crippen molar-refractivity contribution in [3.63, 3.8) is 0 Å². The summed E-state index contributed by atoms with van der Waals surface area (Å²) >= 11 is 0. The van der Waals surface area contributed by atoms with E-state index in [2.05, 4.69) is 19.2 Å². The van der Waals surface area contributed by atoms with Gasteiger partial charge in [-0.15, -0.1) is 0 Å². The second-order valence-electron chi connectivity index (χ2n) is 6.07. The Labute approximate surface area is 138 Å². The van der Waals surface area contributed by atoms with Gasteiger partial charge in [0.15, 0.2) is 12.7 Å². The molecular formula is C18H27NO4. The summed E-state index contributed by atoms with van der Waals surface area (Å²) in [7, 11) is 0. The van der Waals surface area contributed by atoms with Crippen LogP contribution in [0.4, 0.5) is 0 Å². The van der Waals surface area contributed by atoms with Gasteiger partial charge in [0.05, 0.1) is 0 Å². The zero-order valence-corrected chi connectivity index (χ0v) is 14.4. The molecule has 1 aromatic rings. The predicted octanol–water partition coefficient (Wildman–Crippen LogP) is 2.61. The number of carbonyl (C=O) groups is 2. The lowest BCUT2D eigenvalue weighted by Crippen LogP contribution is -2.31. The Morgan fingerprint density at radius 1 is 1.13 bits per heavy atom. The molecule has 5 heteroatoms. The molecule has 1 N–H and O–H groups in total. The average Bonchev–Trinajstić information content (AvgIpc) is 2.51. The maximum absolute atomic E-state index is 11.7. The van der Waals surface area contributed by atoms with Gasteiger partial charge in [0.2, 0.25) is 0 Å². The standard InChI is InChI=1S/C18H27NO4/c1-13(2)9-10-22-15(4)18(21)23-12-17(20)19-11-16-7-5-14(3)6-8-16/h5-8,13,15H,9-12H2,1-4H3,(H,19,20). The van der Waals surface area contributed by atoms with Crippen LogP contribution in [0.1, 0.15) is 38.3 Å². The zero-order valence-electron chi connectivity index (χ0n) is 14.4. The molecule has 1 amide bonds. The van der Waals surface area contributed by atoms with Gasteiger partial charge >= 0.3 is 5.97 Å². The molecule has 0 bridgehead atoms. The Balaban J connectivity index is 2.21. The lowest BCUT2D eigenvalue weighted by Gasteiger charge is -2.13. The number of hydrogen-bond acceptors (Lipinski definition) is 4. The van der Waals surface area contributed by atoms with Crippen LogP contribution in [-0.2, 0) is 25.6 Å². The van der Waals surface area contributed by atoms with Crippen LogP contribution in [0.5, 0.6) is 0 Å². The Bertz CT molecular complexity index is 496. The van der Waals surface area contributed by atoms with Gasteiger partial charge in [-0.25, -0.2) is 4.79 Å². The highest BCUT2D eigenvalue weighted by atomic mass is 16.6. The maximum atomic E-state index is 11.7. The van der Waals surface area contributed by atoms with E-state index in [0.29, 0.717) is 19.1 Å². The number of aryl methyl sites for hydroxylation is 1. The van der Waals surface area contributed by atoms with E-state index >= 15 is 0 Å². The number of carbonyl (C=O) groups excluding carboxylic acids is 2. The van der Waals surface area contributed by atoms with Crippen molar-refractivity contribution in [3.8, 4) is 0 Å². The van der Waals surface area contributed by atoms with Gasteiger partial charge in [-0.05, 0) is 31.7 Å². The topological polar surface area (TPSA) is 64.6 Å². The molecule has 1 unspecified atom stereocenters. The van der Waals surface area contributed by atoms with E-state index in [4.69, 9.17) is 9.47 Å². The van der Waals surface area contributed by atoms with Crippen molar-refractivity contribution in [2.45, 2.75) is 46.8 Å². The Kier molecular flexibility index (Phi) is 8.33. The summed E-state index contributed by atoms with van der Waals surface area (Å²) in [5, 5.41) is 2.71. The van der Waals surface area contributed by atoms with Crippen molar-refractivity contribution in [2.24, 2.45) is 5.92 Å². The molecule has 0 aliphatic carbocycles. The SMILES string of the molecule is Cc1ccc(CNC(=O)COC(=O)C(C)OCCC(C)C)cc1. The second kappa shape index (κ2) is 10.0. The van der Waals surface area contributed by atoms with Gasteiger partial charge in [0.25, 0.3) is 5.91 Å². The van der Waals surface area contributed by atoms with Crippen molar-refractivity contribution in [2.75, 3.05) is 13.2 Å². The van der Waals surface area contributed by atoms with E-state index in [9.17, 15) is 9.59 Å². The van der Waals surface area contributed by atoms with E-state index in [1.807, 2.05) is 31.2 Å². The molecule has 0 saturated heterocycles. The first-order valence-electron chi connectivity index (χ1n) is 7.99. The predicted molar refractivity (Wildman–Crippen MR) is 88.9 cm³/mol. The third kappa shape index (κ3) is 8.35. The Hall–Kier alpha value is -1.88. The van der Waals surface area contributed by atoms with Gasteiger partial charge in [0.1, 0.15) is 0 Å². The van der Waals surface area contributed by atoms with E-state index in [-0.39, 0.29) is 12.5 Å². The lowest BCUT2D eigenvalue weighted by molar-refractivity contribution is -0.159. The number of esters is 1. The van der Waals surface area contributed by atoms with E-state index in [1.165, 1.54) is 5.56 Å². The molecule has 0 saturated carbocycles. The summed E-state index contributed by atoms with van der Waals surface area (Å²) in [5.41, 5.74) is 2.17. The number of ether oxygens (including phenoxy) is 2. The zero-order chi connectivity index (χ0) is 17.2. The maximum Gasteiger partial charge on any atom is 0.335 e. The van der Waals surface area contributed by atoms with Gasteiger partial charge < -0.3 is 14.8 Å². The number of rotatable bonds is 9. The van der Waals surface area contributed by atoms with Crippen LogP contribution >= 0.6 is 0 Å². The Morgan fingerprint density at radius 2 is 1.78 bits per heavy atom. The van der Waals surface area contributed by atoms with Crippen LogP contribution in [0.15, 0.2) is 24.3 Å². The normalized spacial score (nSPS) is 12.0. The second-order valence-corrected chi connectivity index (χ2v) is 6.07. The summed E-state index contributed by atoms with van der Waals surface area (Å²) in [6, 6.07) is 7.87. The fraction of sp³-hybridized carbons (Fsp3) is 0.556. The Morgan fingerprint density at radius 3 is 2.39 bits per heavy atom. The number of nitrogens with one attached hydrogen (secondary N) is 1. The minimum absolute atomic E-state index is 0.289. The summed E-state index contributed by atoms with van der Waals surface area (Å²) in [6.07, 6.45) is 0.230. The fourth-order valence-corrected chi connectivity index (χ4v) is 1.76. The minimum atomic E-state index is -0.654. The van der Waals surface area contributed by atoms with Gasteiger partial charge in [-0.2, -0.15) is 0 Å². The summed E-state index contributed by atoms with van der Waals surface area (Å²) in [4.78, 5) is 23.4. The van der Waals surface area contributed by atoms with Crippen LogP contribution in [-0.4, -0.2) is 31.2 Å². The molecule has 0 aliphatic heterocycles. The van der Waals surface area contributed by atoms with E-state index in [1.54, 1.807) is 6.92 Å². The summed E-state index contributed by atoms with van der Waals surface area (Å²) in [5.74, 6) is -0.321. The quantitative estimate of drug-likeness (QED) is 0.710. The summed E-state index contributed by atoms with van der Waals surface area (Å²) in [6.45, 7) is 8.45. The third-order valence-electron chi connectivity index (χ3n) is 3.35. The molecule has 1 atom stereocenters. The first-order chi connectivity index (χ1) is 10.9. The van der Waals surface area contributed by atoms with Crippen LogP contribution in [0.2, 0.25) is 0 Å². The minimum Gasteiger partial charge on any atom is -0.454 e. The first-order valence-corrected chi connectivity index (χ1v) is 7.99. The van der Waals surface area contributed by atoms with Crippen molar-refractivity contribution < 1.29 is 19.1 Å². The first kappa shape index (κ1) is 19.2. The van der Waals surface area contributed by atoms with E-state index < -0.39 is 12.1 Å². The van der Waals surface area contributed by atoms with Crippen LogP contribution in [0.3, 0.4) is 0 Å². The molecule has 0 aliphatic rings. The average molecular weight is 321 g/mol. The third-order valence-corrected chi connectivity index (χ3v) is 3.35. The van der Waals surface area contributed by atoms with Crippen LogP contribution in [0, 0.1) is 12.8 Å². The number of hydrogen-bond donors (Lipinski definition) is 1. The van der Waals surface area contributed by atoms with Crippen molar-refractivity contribution in [1.82, 2.24) is 5.32 Å². The molecular weight excluding hydrogens is 294 g/mol. The molecule has 1 rings (SSSR count). The van der Waals surface area contributed by atoms with Gasteiger partial charge in [0, 0.05) is 13.2 Å². The monoisotopic (exact) mass is 321 g/mol. The molecule has 0 spiro atoms. The number of amides is 1. The lowest BCUT2D eigenvalue weighted by atomic mass is 10.1. The highest BCUT2D eigenvalue weighted by Gasteiger charge is 2.16. The van der Waals surface area contributed by atoms with Crippen molar-refractivity contribution in [1.29, 1.82) is 0 Å². The molecule has 0 aromatic heterocycles. The largest absolute Gasteiger partial charge is 0.454 e. The molecule has 23 heavy (non-hydrogen) atoms.